The Kier molecular flexibility index (Phi) is 10.5. The van der Waals surface area contributed by atoms with Crippen molar-refractivity contribution < 1.29 is 23.5 Å². The molecule has 2 aromatic rings. The monoisotopic (exact) mass is 509 g/mol. The molecule has 0 saturated carbocycles. The number of anilines is 1. The predicted molar refractivity (Wildman–Crippen MR) is 143 cm³/mol. The second-order valence-corrected chi connectivity index (χ2v) is 8.09. The maximum Gasteiger partial charge on any atom is 0.322 e. The minimum Gasteiger partial charge on any atom is -0.458 e. The van der Waals surface area contributed by atoms with Crippen LogP contribution in [0.15, 0.2) is 46.0 Å². The van der Waals surface area contributed by atoms with Gasteiger partial charge < -0.3 is 24.7 Å². The zero-order chi connectivity index (χ0) is 27.6. The SMILES string of the molecule is C#CC.CC.CNc1cc2oc([C@]3(CN4CC(C/C=C\COC)=C(C)C4=O)NC(=O)NC3=O)cc2cn1. The summed E-state index contributed by atoms with van der Waals surface area (Å²) in [6.07, 6.45) is 10.7. The molecule has 1 saturated heterocycles. The van der Waals surface area contributed by atoms with Crippen molar-refractivity contribution in [1.29, 1.82) is 0 Å². The van der Waals surface area contributed by atoms with Crippen LogP contribution in [0.4, 0.5) is 10.6 Å². The number of rotatable bonds is 8. The van der Waals surface area contributed by atoms with Gasteiger partial charge in [0.15, 0.2) is 5.54 Å². The van der Waals surface area contributed by atoms with E-state index >= 15 is 0 Å². The summed E-state index contributed by atoms with van der Waals surface area (Å²) in [5.74, 6) is 2.35. The van der Waals surface area contributed by atoms with Crippen LogP contribution < -0.4 is 16.0 Å². The van der Waals surface area contributed by atoms with Crippen molar-refractivity contribution in [3.63, 3.8) is 0 Å². The van der Waals surface area contributed by atoms with Crippen molar-refractivity contribution in [2.45, 2.75) is 39.7 Å². The molecular weight excluding hydrogens is 474 g/mol. The molecule has 10 nitrogen and oxygen atoms in total. The first-order valence-corrected chi connectivity index (χ1v) is 12.0. The molecule has 2 aliphatic rings. The molecule has 1 atom stereocenters. The van der Waals surface area contributed by atoms with Crippen LogP contribution >= 0.6 is 0 Å². The van der Waals surface area contributed by atoms with Gasteiger partial charge in [-0.25, -0.2) is 9.78 Å². The van der Waals surface area contributed by atoms with E-state index in [1.807, 2.05) is 26.0 Å². The van der Waals surface area contributed by atoms with Gasteiger partial charge in [-0.3, -0.25) is 14.9 Å². The van der Waals surface area contributed by atoms with Gasteiger partial charge in [0.05, 0.1) is 13.2 Å². The molecule has 4 heterocycles. The minimum atomic E-state index is -1.53. The smallest absolute Gasteiger partial charge is 0.322 e. The number of terminal acetylenes is 1. The van der Waals surface area contributed by atoms with Crippen LogP contribution in [0.3, 0.4) is 0 Å². The van der Waals surface area contributed by atoms with Crippen LogP contribution in [0, 0.1) is 12.3 Å². The molecule has 1 fully saturated rings. The fraction of sp³-hybridized carbons (Fsp3) is 0.407. The first-order chi connectivity index (χ1) is 17.8. The van der Waals surface area contributed by atoms with E-state index in [-0.39, 0.29) is 18.2 Å². The molecule has 0 aliphatic carbocycles. The molecule has 2 aromatic heterocycles. The largest absolute Gasteiger partial charge is 0.458 e. The molecule has 0 aromatic carbocycles. The number of ether oxygens (including phenoxy) is 1. The van der Waals surface area contributed by atoms with Crippen LogP contribution in [0.5, 0.6) is 0 Å². The summed E-state index contributed by atoms with van der Waals surface area (Å²) in [6.45, 7) is 8.22. The Balaban J connectivity index is 0.000000898. The van der Waals surface area contributed by atoms with Crippen LogP contribution in [-0.2, 0) is 19.9 Å². The van der Waals surface area contributed by atoms with Gasteiger partial charge in [-0.05, 0) is 31.9 Å². The number of hydrogen-bond acceptors (Lipinski definition) is 7. The highest BCUT2D eigenvalue weighted by Crippen LogP contribution is 2.34. The van der Waals surface area contributed by atoms with E-state index < -0.39 is 17.5 Å². The van der Waals surface area contributed by atoms with E-state index in [0.717, 1.165) is 5.57 Å². The minimum absolute atomic E-state index is 0.0574. The second-order valence-electron chi connectivity index (χ2n) is 8.09. The van der Waals surface area contributed by atoms with Crippen molar-refractivity contribution in [3.05, 3.63) is 47.4 Å². The summed E-state index contributed by atoms with van der Waals surface area (Å²) in [5, 5.41) is 8.58. The van der Waals surface area contributed by atoms with E-state index in [1.54, 1.807) is 51.2 Å². The predicted octanol–water partition coefficient (Wildman–Crippen LogP) is 3.32. The van der Waals surface area contributed by atoms with Gasteiger partial charge in [0.1, 0.15) is 17.2 Å². The fourth-order valence-corrected chi connectivity index (χ4v) is 3.97. The van der Waals surface area contributed by atoms with Crippen LogP contribution in [0.2, 0.25) is 0 Å². The number of nitrogens with one attached hydrogen (secondary N) is 3. The number of nitrogens with zero attached hydrogens (tertiary/aromatic N) is 2. The van der Waals surface area contributed by atoms with E-state index in [2.05, 4.69) is 33.3 Å². The van der Waals surface area contributed by atoms with Gasteiger partial charge in [-0.2, -0.15) is 0 Å². The number of furan rings is 1. The number of imide groups is 1. The third-order valence-corrected chi connectivity index (χ3v) is 5.76. The van der Waals surface area contributed by atoms with Crippen molar-refractivity contribution in [2.24, 2.45) is 0 Å². The number of hydrogen-bond donors (Lipinski definition) is 3. The van der Waals surface area contributed by atoms with Crippen molar-refractivity contribution in [3.8, 4) is 12.3 Å². The van der Waals surface area contributed by atoms with Crippen LogP contribution in [-0.4, -0.2) is 61.6 Å². The van der Waals surface area contributed by atoms with Crippen molar-refractivity contribution in [2.75, 3.05) is 39.2 Å². The Hall–Kier alpha value is -4.10. The van der Waals surface area contributed by atoms with Gasteiger partial charge in [0.2, 0.25) is 5.91 Å². The second kappa shape index (κ2) is 13.3. The summed E-state index contributed by atoms with van der Waals surface area (Å²) in [4.78, 5) is 43.8. The lowest BCUT2D eigenvalue weighted by molar-refractivity contribution is -0.130. The highest BCUT2D eigenvalue weighted by Gasteiger charge is 2.52. The number of aromatic nitrogens is 1. The first-order valence-electron chi connectivity index (χ1n) is 12.0. The number of amides is 4. The molecule has 37 heavy (non-hydrogen) atoms. The molecule has 0 unspecified atom stereocenters. The normalized spacial score (nSPS) is 18.7. The number of allylic oxidation sites excluding steroid dienone is 1. The lowest BCUT2D eigenvalue weighted by Gasteiger charge is -2.29. The van der Waals surface area contributed by atoms with Gasteiger partial charge in [0, 0.05) is 43.9 Å². The molecule has 2 aliphatic heterocycles. The first kappa shape index (κ1) is 29.1. The van der Waals surface area contributed by atoms with Gasteiger partial charge in [-0.15, -0.1) is 12.3 Å². The molecule has 10 heteroatoms. The lowest BCUT2D eigenvalue weighted by atomic mass is 9.95. The topological polar surface area (TPSA) is 126 Å². The quantitative estimate of drug-likeness (QED) is 0.283. The number of methoxy groups -OCH3 is 1. The highest BCUT2D eigenvalue weighted by atomic mass is 16.5. The summed E-state index contributed by atoms with van der Waals surface area (Å²) >= 11 is 0. The van der Waals surface area contributed by atoms with Crippen LogP contribution in [0.25, 0.3) is 11.0 Å². The number of carbonyl (C=O) groups excluding carboxylic acids is 3. The highest BCUT2D eigenvalue weighted by molar-refractivity contribution is 6.08. The van der Waals surface area contributed by atoms with Gasteiger partial charge >= 0.3 is 6.03 Å². The molecule has 4 rings (SSSR count). The number of carbonyl (C=O) groups is 3. The van der Waals surface area contributed by atoms with E-state index in [0.29, 0.717) is 41.9 Å². The third-order valence-electron chi connectivity index (χ3n) is 5.76. The van der Waals surface area contributed by atoms with Crippen molar-refractivity contribution >= 4 is 34.6 Å². The summed E-state index contributed by atoms with van der Waals surface area (Å²) in [7, 11) is 3.35. The van der Waals surface area contributed by atoms with Crippen LogP contribution in [0.1, 0.15) is 39.9 Å². The van der Waals surface area contributed by atoms with Gasteiger partial charge in [0.25, 0.3) is 5.91 Å². The Bertz CT molecular complexity index is 1240. The van der Waals surface area contributed by atoms with E-state index in [1.165, 1.54) is 0 Å². The fourth-order valence-electron chi connectivity index (χ4n) is 3.97. The Morgan fingerprint density at radius 3 is 2.59 bits per heavy atom. The maximum atomic E-state index is 12.9. The Labute approximate surface area is 217 Å². The average Bonchev–Trinajstić information content (AvgIpc) is 3.53. The molecule has 3 N–H and O–H groups in total. The van der Waals surface area contributed by atoms with Gasteiger partial charge in [-0.1, -0.05) is 26.0 Å². The molecule has 4 amide bonds. The number of fused-ring (bicyclic) bond motifs is 1. The Morgan fingerprint density at radius 2 is 2.00 bits per heavy atom. The number of urea groups is 1. The summed E-state index contributed by atoms with van der Waals surface area (Å²) < 4.78 is 11.0. The van der Waals surface area contributed by atoms with Crippen molar-refractivity contribution in [1.82, 2.24) is 20.5 Å². The maximum absolute atomic E-state index is 12.9. The zero-order valence-corrected chi connectivity index (χ0v) is 22.2. The van der Waals surface area contributed by atoms with E-state index in [9.17, 15) is 14.4 Å². The molecular formula is C27H35N5O5. The molecule has 0 radical (unpaired) electrons. The van der Waals surface area contributed by atoms with E-state index in [4.69, 9.17) is 9.15 Å². The molecule has 0 spiro atoms. The third kappa shape index (κ3) is 6.37. The lowest BCUT2D eigenvalue weighted by Crippen LogP contribution is -2.53. The standard InChI is InChI=1S/C22H25N5O5.C3H4.C2H6/c1-13-14(6-4-5-7-31-3)11-27(19(13)28)12-22(20(29)25-21(30)26-22)17-8-15-10-24-18(23-2)9-16(15)32-17;1-3-2;1-2/h4-5,8-10H,6-7,11-12H2,1-3H3,(H,23,24)(H2,25,26,29,30);1H,2H3;1-2H3/b5-4-;;/t22-;;/m0../s1. The molecule has 198 valence electrons. The summed E-state index contributed by atoms with van der Waals surface area (Å²) in [6, 6.07) is 2.74. The zero-order valence-electron chi connectivity index (χ0n) is 22.2. The summed E-state index contributed by atoms with van der Waals surface area (Å²) in [5.41, 5.74) is 0.570. The number of pyridine rings is 1. The average molecular weight is 510 g/mol. The molecule has 0 bridgehead atoms. The Morgan fingerprint density at radius 1 is 1.30 bits per heavy atom.